The number of esters is 1. The van der Waals surface area contributed by atoms with Crippen molar-refractivity contribution >= 4 is 23.4 Å². The fraction of sp³-hybridized carbons (Fsp3) is 0.273. The summed E-state index contributed by atoms with van der Waals surface area (Å²) in [5.41, 5.74) is -0.960. The van der Waals surface area contributed by atoms with Gasteiger partial charge in [0.1, 0.15) is 0 Å². The summed E-state index contributed by atoms with van der Waals surface area (Å²) < 4.78 is 29.7. The third kappa shape index (κ3) is 3.23. The fourth-order valence-electron chi connectivity index (χ4n) is 1.22. The molecule has 92 valence electrons. The maximum atomic E-state index is 12.6. The molecule has 0 heterocycles. The van der Waals surface area contributed by atoms with Gasteiger partial charge in [0.15, 0.2) is 0 Å². The van der Waals surface area contributed by atoms with Gasteiger partial charge in [-0.1, -0.05) is 17.7 Å². The molecule has 1 aromatic carbocycles. The van der Waals surface area contributed by atoms with E-state index in [4.69, 9.17) is 11.6 Å². The van der Waals surface area contributed by atoms with E-state index in [1.54, 1.807) is 0 Å². The zero-order valence-electron chi connectivity index (χ0n) is 8.88. The summed E-state index contributed by atoms with van der Waals surface area (Å²) in [6.07, 6.45) is -2.86. The number of Topliss-reactive ketones (excluding diaryl/α,β-unsaturated/α-hetero) is 1. The van der Waals surface area contributed by atoms with Gasteiger partial charge in [-0.25, -0.2) is 13.6 Å². The van der Waals surface area contributed by atoms with Crippen LogP contribution in [0.5, 0.6) is 0 Å². The Morgan fingerprint density at radius 1 is 1.41 bits per heavy atom. The van der Waals surface area contributed by atoms with Gasteiger partial charge in [0, 0.05) is 16.1 Å². The Balaban J connectivity index is 3.15. The lowest BCUT2D eigenvalue weighted by Crippen LogP contribution is -2.19. The van der Waals surface area contributed by atoms with E-state index in [9.17, 15) is 18.4 Å². The Morgan fingerprint density at radius 3 is 2.59 bits per heavy atom. The minimum Gasteiger partial charge on any atom is -0.460 e. The van der Waals surface area contributed by atoms with E-state index in [-0.39, 0.29) is 11.6 Å². The van der Waals surface area contributed by atoms with E-state index >= 15 is 0 Å². The molecule has 0 saturated carbocycles. The average Bonchev–Trinajstić information content (AvgIpc) is 2.27. The summed E-state index contributed by atoms with van der Waals surface area (Å²) >= 11 is 5.60. The molecule has 0 unspecified atom stereocenters. The van der Waals surface area contributed by atoms with Crippen LogP contribution in [0.4, 0.5) is 8.78 Å². The van der Waals surface area contributed by atoms with Gasteiger partial charge in [-0.2, -0.15) is 0 Å². The number of benzene rings is 1. The molecule has 6 heteroatoms. The molecule has 0 atom stereocenters. The maximum absolute atomic E-state index is 12.6. The Kier molecular flexibility index (Phi) is 4.57. The third-order valence-electron chi connectivity index (χ3n) is 1.96. The highest BCUT2D eigenvalue weighted by Crippen LogP contribution is 2.26. The van der Waals surface area contributed by atoms with Crippen molar-refractivity contribution in [2.75, 3.05) is 6.61 Å². The normalized spacial score (nSPS) is 10.4. The lowest BCUT2D eigenvalue weighted by atomic mass is 10.0. The van der Waals surface area contributed by atoms with Gasteiger partial charge in [0.2, 0.25) is 0 Å². The van der Waals surface area contributed by atoms with Crippen molar-refractivity contribution in [3.63, 3.8) is 0 Å². The summed E-state index contributed by atoms with van der Waals surface area (Å²) in [5.74, 6) is -2.29. The number of hydrogen-bond donors (Lipinski definition) is 0. The van der Waals surface area contributed by atoms with E-state index < -0.39 is 29.3 Å². The number of carbonyl (C=O) groups is 2. The van der Waals surface area contributed by atoms with Crippen LogP contribution in [-0.4, -0.2) is 18.4 Å². The maximum Gasteiger partial charge on any atom is 0.379 e. The second-order valence-electron chi connectivity index (χ2n) is 3.08. The number of ketones is 1. The van der Waals surface area contributed by atoms with E-state index in [1.165, 1.54) is 13.0 Å². The molecule has 0 aliphatic carbocycles. The molecular formula is C11H9ClF2O3. The quantitative estimate of drug-likeness (QED) is 0.476. The van der Waals surface area contributed by atoms with Crippen LogP contribution in [0.25, 0.3) is 0 Å². The van der Waals surface area contributed by atoms with Gasteiger partial charge in [-0.3, -0.25) is 4.79 Å². The van der Waals surface area contributed by atoms with Crippen molar-refractivity contribution in [1.82, 2.24) is 0 Å². The minimum absolute atomic E-state index is 0.00481. The molecule has 3 nitrogen and oxygen atoms in total. The van der Waals surface area contributed by atoms with E-state index in [0.717, 1.165) is 12.1 Å². The Morgan fingerprint density at radius 2 is 2.06 bits per heavy atom. The zero-order valence-corrected chi connectivity index (χ0v) is 9.63. The van der Waals surface area contributed by atoms with E-state index in [2.05, 4.69) is 4.74 Å². The molecule has 0 saturated heterocycles. The highest BCUT2D eigenvalue weighted by Gasteiger charge is 2.24. The molecule has 1 aromatic rings. The van der Waals surface area contributed by atoms with Gasteiger partial charge in [0.05, 0.1) is 6.61 Å². The van der Waals surface area contributed by atoms with E-state index in [0.29, 0.717) is 0 Å². The number of ether oxygens (including phenoxy) is 1. The van der Waals surface area contributed by atoms with Crippen LogP contribution in [0.1, 0.15) is 29.3 Å². The van der Waals surface area contributed by atoms with Gasteiger partial charge in [-0.15, -0.1) is 0 Å². The summed E-state index contributed by atoms with van der Waals surface area (Å²) in [6, 6.07) is 3.27. The summed E-state index contributed by atoms with van der Waals surface area (Å²) in [5, 5.41) is 0.0991. The molecule has 0 spiro atoms. The van der Waals surface area contributed by atoms with Crippen molar-refractivity contribution in [3.8, 4) is 0 Å². The minimum atomic E-state index is -2.86. The molecule has 0 fully saturated rings. The van der Waals surface area contributed by atoms with Gasteiger partial charge in [-0.05, 0) is 19.1 Å². The van der Waals surface area contributed by atoms with Crippen LogP contribution < -0.4 is 0 Å². The van der Waals surface area contributed by atoms with Crippen molar-refractivity contribution in [3.05, 3.63) is 34.3 Å². The molecule has 0 aliphatic rings. The Bertz CT molecular complexity index is 446. The molecule has 0 aliphatic heterocycles. The van der Waals surface area contributed by atoms with Gasteiger partial charge in [0.25, 0.3) is 12.2 Å². The van der Waals surface area contributed by atoms with Gasteiger partial charge >= 0.3 is 5.97 Å². The van der Waals surface area contributed by atoms with Crippen molar-refractivity contribution < 1.29 is 23.1 Å². The average molecular weight is 263 g/mol. The van der Waals surface area contributed by atoms with Crippen molar-refractivity contribution in [2.45, 2.75) is 13.3 Å². The third-order valence-corrected chi connectivity index (χ3v) is 2.19. The molecule has 1 rings (SSSR count). The Hall–Kier alpha value is -1.49. The summed E-state index contributed by atoms with van der Waals surface area (Å²) in [6.45, 7) is 1.51. The molecule has 17 heavy (non-hydrogen) atoms. The molecular weight excluding hydrogens is 254 g/mol. The predicted octanol–water partition coefficient (Wildman–Crippen LogP) is 3.02. The van der Waals surface area contributed by atoms with Crippen LogP contribution in [-0.2, 0) is 9.53 Å². The SMILES string of the molecule is CCOC(=O)C(=O)c1cc(Cl)ccc1C(F)F. The summed E-state index contributed by atoms with van der Waals surface area (Å²) in [4.78, 5) is 22.7. The first kappa shape index (κ1) is 13.6. The number of hydrogen-bond acceptors (Lipinski definition) is 3. The van der Waals surface area contributed by atoms with Gasteiger partial charge < -0.3 is 4.74 Å². The second-order valence-corrected chi connectivity index (χ2v) is 3.52. The molecule has 0 bridgehead atoms. The number of carbonyl (C=O) groups excluding carboxylic acids is 2. The van der Waals surface area contributed by atoms with Crippen LogP contribution >= 0.6 is 11.6 Å². The lowest BCUT2D eigenvalue weighted by molar-refractivity contribution is -0.137. The van der Waals surface area contributed by atoms with E-state index in [1.807, 2.05) is 0 Å². The lowest BCUT2D eigenvalue weighted by Gasteiger charge is -2.07. The fourth-order valence-corrected chi connectivity index (χ4v) is 1.39. The number of alkyl halides is 2. The molecule has 0 radical (unpaired) electrons. The Labute approximate surface area is 101 Å². The molecule has 0 N–H and O–H groups in total. The monoisotopic (exact) mass is 262 g/mol. The summed E-state index contributed by atoms with van der Waals surface area (Å²) in [7, 11) is 0. The highest BCUT2D eigenvalue weighted by atomic mass is 35.5. The zero-order chi connectivity index (χ0) is 13.0. The van der Waals surface area contributed by atoms with Crippen LogP contribution in [0, 0.1) is 0 Å². The van der Waals surface area contributed by atoms with Crippen molar-refractivity contribution in [1.29, 1.82) is 0 Å². The smallest absolute Gasteiger partial charge is 0.379 e. The first-order valence-electron chi connectivity index (χ1n) is 4.76. The first-order chi connectivity index (χ1) is 7.97. The molecule has 0 amide bonds. The predicted molar refractivity (Wildman–Crippen MR) is 57.4 cm³/mol. The topological polar surface area (TPSA) is 43.4 Å². The van der Waals surface area contributed by atoms with Crippen LogP contribution in [0.3, 0.4) is 0 Å². The highest BCUT2D eigenvalue weighted by molar-refractivity contribution is 6.41. The van der Waals surface area contributed by atoms with Crippen LogP contribution in [0.15, 0.2) is 18.2 Å². The number of halogens is 3. The first-order valence-corrected chi connectivity index (χ1v) is 5.14. The van der Waals surface area contributed by atoms with Crippen LogP contribution in [0.2, 0.25) is 5.02 Å². The van der Waals surface area contributed by atoms with Crippen molar-refractivity contribution in [2.24, 2.45) is 0 Å². The number of rotatable bonds is 4. The standard InChI is InChI=1S/C11H9ClF2O3/c1-2-17-11(16)9(15)8-5-6(12)3-4-7(8)10(13)14/h3-5,10H,2H2,1H3. The second kappa shape index (κ2) is 5.72. The largest absolute Gasteiger partial charge is 0.460 e. The molecule has 0 aromatic heterocycles.